The Balaban J connectivity index is 0. The van der Waals surface area contributed by atoms with Gasteiger partial charge in [-0.3, -0.25) is 4.79 Å². The Kier molecular flexibility index (Phi) is 7.45. The first kappa shape index (κ1) is 14.3. The third-order valence-electron chi connectivity index (χ3n) is 0.407. The molecule has 0 aromatic heterocycles. The van der Waals surface area contributed by atoms with Gasteiger partial charge in [-0.15, -0.1) is 0 Å². The van der Waals surface area contributed by atoms with E-state index in [-0.39, 0.29) is 5.17 Å². The minimum atomic E-state index is -1.49. The Morgan fingerprint density at radius 1 is 1.42 bits per heavy atom. The molecule has 1 amide bonds. The lowest BCUT2D eigenvalue weighted by Gasteiger charge is -2.16. The molecule has 7 heteroatoms. The highest BCUT2D eigenvalue weighted by molar-refractivity contribution is 7.96. The molecule has 4 nitrogen and oxygen atoms in total. The van der Waals surface area contributed by atoms with Crippen molar-refractivity contribution in [3.63, 3.8) is 0 Å². The van der Waals surface area contributed by atoms with Crippen molar-refractivity contribution in [3.8, 4) is 0 Å². The van der Waals surface area contributed by atoms with Gasteiger partial charge in [0.1, 0.15) is 0 Å². The lowest BCUT2D eigenvalue weighted by Crippen LogP contribution is -2.31. The largest absolute Gasteiger partial charge is 0.525 e. The molecule has 0 saturated heterocycles. The number of thiol groups is 1. The third kappa shape index (κ3) is 33.2. The summed E-state index contributed by atoms with van der Waals surface area (Å²) in [6, 6.07) is 0. The summed E-state index contributed by atoms with van der Waals surface area (Å²) in [6.45, 7) is 6.10. The molecule has 0 unspecified atom stereocenters. The van der Waals surface area contributed by atoms with Crippen molar-refractivity contribution >= 4 is 43.6 Å². The number of carbonyl (C=O) groups is 1. The molecule has 0 radical (unpaired) electrons. The number of hydrogen-bond donors (Lipinski definition) is 3. The fraction of sp³-hybridized carbons (Fsp3) is 0.600. The second kappa shape index (κ2) is 6.27. The molecule has 0 heterocycles. The lowest BCUT2D eigenvalue weighted by molar-refractivity contribution is 0.267. The fourth-order valence-corrected chi connectivity index (χ4v) is 1.66. The monoisotopic (exact) mass is 226 g/mol. The summed E-state index contributed by atoms with van der Waals surface area (Å²) in [5, 5.41) is -0.468. The predicted molar refractivity (Wildman–Crippen MR) is 59.8 cm³/mol. The van der Waals surface area contributed by atoms with Crippen molar-refractivity contribution < 1.29 is 9.22 Å². The maximum Gasteiger partial charge on any atom is 0.273 e. The molecule has 0 fully saturated rings. The zero-order valence-corrected chi connectivity index (χ0v) is 10.0. The van der Waals surface area contributed by atoms with Crippen LogP contribution in [0.3, 0.4) is 0 Å². The smallest absolute Gasteiger partial charge is 0.273 e. The van der Waals surface area contributed by atoms with Crippen molar-refractivity contribution in [1.29, 1.82) is 0 Å². The number of thiocarbonyl (C=S) groups is 1. The lowest BCUT2D eigenvalue weighted by atomic mass is 11.4. The van der Waals surface area contributed by atoms with Crippen LogP contribution in [-0.4, -0.2) is 18.7 Å². The maximum atomic E-state index is 9.09. The minimum Gasteiger partial charge on any atom is -0.525 e. The topological polar surface area (TPSA) is 78.3 Å². The van der Waals surface area contributed by atoms with Crippen molar-refractivity contribution in [2.24, 2.45) is 11.5 Å². The van der Waals surface area contributed by atoms with E-state index < -0.39 is 13.6 Å². The van der Waals surface area contributed by atoms with Gasteiger partial charge in [-0.1, -0.05) is 12.6 Å². The normalized spacial score (nSPS) is 9.33. The quantitative estimate of drug-likeness (QED) is 0.355. The van der Waals surface area contributed by atoms with Gasteiger partial charge in [-0.2, -0.15) is 0 Å². The SMILES string of the molecule is C[Si](C)(C)OC(N)=S.NC(=O)S. The van der Waals surface area contributed by atoms with Gasteiger partial charge in [-0.25, -0.2) is 0 Å². The van der Waals surface area contributed by atoms with Crippen LogP contribution in [0.25, 0.3) is 0 Å². The Morgan fingerprint density at radius 3 is 1.67 bits per heavy atom. The van der Waals surface area contributed by atoms with Gasteiger partial charge in [0.2, 0.25) is 13.5 Å². The molecule has 0 aromatic rings. The molecule has 4 N–H and O–H groups in total. The Hall–Kier alpha value is -0.273. The average molecular weight is 226 g/mol. The summed E-state index contributed by atoms with van der Waals surface area (Å²) < 4.78 is 5.09. The molecule has 0 aliphatic heterocycles. The maximum absolute atomic E-state index is 9.09. The van der Waals surface area contributed by atoms with Crippen LogP contribution in [0.15, 0.2) is 0 Å². The fourth-order valence-electron chi connectivity index (χ4n) is 0.302. The standard InChI is InChI=1S/C4H11NOSSi.CH3NOS/c1-8(2,3)6-4(5)7;2-1(3)4/h1-3H3,(H2,5,7);(H3,2,3,4). The zero-order valence-electron chi connectivity index (χ0n) is 7.33. The van der Waals surface area contributed by atoms with E-state index in [1.165, 1.54) is 0 Å². The van der Waals surface area contributed by atoms with Crippen LogP contribution in [0.2, 0.25) is 19.6 Å². The van der Waals surface area contributed by atoms with Crippen LogP contribution >= 0.6 is 24.8 Å². The van der Waals surface area contributed by atoms with Crippen LogP contribution in [0.1, 0.15) is 0 Å². The van der Waals surface area contributed by atoms with Crippen LogP contribution < -0.4 is 11.5 Å². The van der Waals surface area contributed by atoms with E-state index in [0.29, 0.717) is 0 Å². The predicted octanol–water partition coefficient (Wildman–Crippen LogP) is 1.08. The van der Waals surface area contributed by atoms with Crippen LogP contribution in [0.4, 0.5) is 4.79 Å². The molecule has 0 aliphatic rings. The number of rotatable bonds is 1. The number of hydrogen-bond acceptors (Lipinski definition) is 3. The van der Waals surface area contributed by atoms with Gasteiger partial charge in [0.05, 0.1) is 0 Å². The van der Waals surface area contributed by atoms with Crippen LogP contribution in [-0.2, 0) is 4.43 Å². The molecule has 12 heavy (non-hydrogen) atoms. The van der Waals surface area contributed by atoms with Gasteiger partial charge < -0.3 is 15.9 Å². The summed E-state index contributed by atoms with van der Waals surface area (Å²) in [5.41, 5.74) is 9.46. The zero-order chi connectivity index (χ0) is 10.4. The van der Waals surface area contributed by atoms with Crippen molar-refractivity contribution in [3.05, 3.63) is 0 Å². The van der Waals surface area contributed by atoms with Crippen LogP contribution in [0.5, 0.6) is 0 Å². The van der Waals surface area contributed by atoms with E-state index in [9.17, 15) is 0 Å². The number of nitrogens with two attached hydrogens (primary N) is 2. The Bertz CT molecular complexity index is 165. The first-order valence-corrected chi connectivity index (χ1v) is 7.38. The van der Waals surface area contributed by atoms with E-state index in [2.05, 4.69) is 30.6 Å². The van der Waals surface area contributed by atoms with Crippen molar-refractivity contribution in [1.82, 2.24) is 0 Å². The summed E-state index contributed by atoms with van der Waals surface area (Å²) >= 11 is 7.64. The minimum absolute atomic E-state index is 0.171. The van der Waals surface area contributed by atoms with Gasteiger partial charge in [0, 0.05) is 0 Å². The van der Waals surface area contributed by atoms with Gasteiger partial charge in [0.15, 0.2) is 0 Å². The first-order valence-electron chi connectivity index (χ1n) is 3.12. The van der Waals surface area contributed by atoms with Crippen LogP contribution in [0, 0.1) is 0 Å². The third-order valence-corrected chi connectivity index (χ3v) is 1.47. The van der Waals surface area contributed by atoms with E-state index in [1.807, 2.05) is 19.6 Å². The highest BCUT2D eigenvalue weighted by atomic mass is 32.1. The molecule has 0 atom stereocenters. The first-order chi connectivity index (χ1) is 5.15. The highest BCUT2D eigenvalue weighted by Gasteiger charge is 2.15. The van der Waals surface area contributed by atoms with Crippen molar-refractivity contribution in [2.75, 3.05) is 0 Å². The number of primary amides is 1. The molecule has 72 valence electrons. The molecular weight excluding hydrogens is 212 g/mol. The average Bonchev–Trinajstić information content (AvgIpc) is 1.52. The summed E-state index contributed by atoms with van der Waals surface area (Å²) in [6.07, 6.45) is 0. The highest BCUT2D eigenvalue weighted by Crippen LogP contribution is 2.00. The van der Waals surface area contributed by atoms with E-state index in [4.69, 9.17) is 15.0 Å². The van der Waals surface area contributed by atoms with E-state index in [1.54, 1.807) is 0 Å². The Labute approximate surface area is 84.2 Å². The second-order valence-corrected chi connectivity index (χ2v) is 8.14. The second-order valence-electron chi connectivity index (χ2n) is 2.87. The molecule has 0 rings (SSSR count). The summed E-state index contributed by atoms with van der Waals surface area (Å²) in [5.74, 6) is 0. The van der Waals surface area contributed by atoms with E-state index in [0.717, 1.165) is 0 Å². The molecule has 0 saturated carbocycles. The number of amides is 1. The molecule has 0 aliphatic carbocycles. The van der Waals surface area contributed by atoms with E-state index >= 15 is 0 Å². The van der Waals surface area contributed by atoms with Gasteiger partial charge >= 0.3 is 0 Å². The molecule has 0 spiro atoms. The molecule has 0 aromatic carbocycles. The number of carbonyl (C=O) groups excluding carboxylic acids is 1. The van der Waals surface area contributed by atoms with Gasteiger partial charge in [-0.05, 0) is 31.9 Å². The molecule has 0 bridgehead atoms. The molecular formula is C5H14N2O2S2Si. The Morgan fingerprint density at radius 2 is 1.67 bits per heavy atom. The summed E-state index contributed by atoms with van der Waals surface area (Å²) in [4.78, 5) is 9.09. The van der Waals surface area contributed by atoms with Gasteiger partial charge in [0.25, 0.3) is 5.24 Å². The summed E-state index contributed by atoms with van der Waals surface area (Å²) in [7, 11) is -1.49. The van der Waals surface area contributed by atoms with Crippen molar-refractivity contribution in [2.45, 2.75) is 19.6 Å².